The number of para-hydroxylation sites is 1. The summed E-state index contributed by atoms with van der Waals surface area (Å²) in [6.45, 7) is 0. The molecule has 0 aliphatic carbocycles. The lowest BCUT2D eigenvalue weighted by atomic mass is 10.1. The van der Waals surface area contributed by atoms with Gasteiger partial charge in [0.05, 0.1) is 18.6 Å². The lowest BCUT2D eigenvalue weighted by Gasteiger charge is -2.21. The molecule has 0 unspecified atom stereocenters. The standard InChI is InChI=1S/C12H13NO5S/c1-18-9-4-2-3-7(10(9)14)11(15)13-6-19-5-8(13)12(16)17/h2-4,8,14H,5-6H2,1H3,(H,16,17)/t8-/m0/s1. The quantitative estimate of drug-likeness (QED) is 0.860. The van der Waals surface area contributed by atoms with Gasteiger partial charge in [-0.25, -0.2) is 4.79 Å². The van der Waals surface area contributed by atoms with Crippen molar-refractivity contribution in [3.05, 3.63) is 23.8 Å². The molecule has 0 spiro atoms. The van der Waals surface area contributed by atoms with Crippen LogP contribution >= 0.6 is 11.8 Å². The van der Waals surface area contributed by atoms with E-state index in [9.17, 15) is 14.7 Å². The number of phenols is 1. The van der Waals surface area contributed by atoms with Crippen molar-refractivity contribution in [3.8, 4) is 11.5 Å². The first-order valence-electron chi connectivity index (χ1n) is 5.53. The summed E-state index contributed by atoms with van der Waals surface area (Å²) in [6, 6.07) is 3.69. The van der Waals surface area contributed by atoms with Crippen molar-refractivity contribution in [3.63, 3.8) is 0 Å². The molecule has 0 bridgehead atoms. The van der Waals surface area contributed by atoms with Gasteiger partial charge in [0, 0.05) is 5.75 Å². The number of carbonyl (C=O) groups is 2. The van der Waals surface area contributed by atoms with Crippen LogP contribution < -0.4 is 4.74 Å². The topological polar surface area (TPSA) is 87.1 Å². The predicted molar refractivity (Wildman–Crippen MR) is 69.6 cm³/mol. The maximum absolute atomic E-state index is 12.3. The van der Waals surface area contributed by atoms with Crippen LogP contribution in [-0.4, -0.2) is 51.8 Å². The summed E-state index contributed by atoms with van der Waals surface area (Å²) in [5.74, 6) is -0.978. The van der Waals surface area contributed by atoms with E-state index >= 15 is 0 Å². The Labute approximate surface area is 114 Å². The predicted octanol–water partition coefficient (Wildman–Crippen LogP) is 1.00. The Bertz CT molecular complexity index is 519. The van der Waals surface area contributed by atoms with Crippen molar-refractivity contribution < 1.29 is 24.5 Å². The molecule has 6 nitrogen and oxygen atoms in total. The number of phenolic OH excluding ortho intramolecular Hbond substituents is 1. The zero-order chi connectivity index (χ0) is 14.0. The molecule has 102 valence electrons. The molecule has 0 aromatic heterocycles. The Kier molecular flexibility index (Phi) is 3.84. The minimum Gasteiger partial charge on any atom is -0.504 e. The molecule has 1 aliphatic heterocycles. The Hall–Kier alpha value is -1.89. The van der Waals surface area contributed by atoms with Crippen LogP contribution in [-0.2, 0) is 4.79 Å². The van der Waals surface area contributed by atoms with Crippen LogP contribution in [0.15, 0.2) is 18.2 Å². The number of methoxy groups -OCH3 is 1. The molecule has 0 saturated carbocycles. The smallest absolute Gasteiger partial charge is 0.327 e. The van der Waals surface area contributed by atoms with Crippen LogP contribution in [0.25, 0.3) is 0 Å². The maximum Gasteiger partial charge on any atom is 0.327 e. The van der Waals surface area contributed by atoms with Gasteiger partial charge in [0.1, 0.15) is 6.04 Å². The van der Waals surface area contributed by atoms with Crippen LogP contribution in [0.4, 0.5) is 0 Å². The van der Waals surface area contributed by atoms with Gasteiger partial charge in [0.2, 0.25) is 0 Å². The highest BCUT2D eigenvalue weighted by atomic mass is 32.2. The van der Waals surface area contributed by atoms with Gasteiger partial charge in [-0.1, -0.05) is 6.07 Å². The summed E-state index contributed by atoms with van der Waals surface area (Å²) in [5.41, 5.74) is 0.0492. The second kappa shape index (κ2) is 5.40. The number of carbonyl (C=O) groups excluding carboxylic acids is 1. The van der Waals surface area contributed by atoms with Crippen LogP contribution in [0.5, 0.6) is 11.5 Å². The van der Waals surface area contributed by atoms with E-state index in [4.69, 9.17) is 9.84 Å². The summed E-state index contributed by atoms with van der Waals surface area (Å²) in [4.78, 5) is 24.6. The Morgan fingerprint density at radius 3 is 2.84 bits per heavy atom. The first-order valence-corrected chi connectivity index (χ1v) is 6.69. The number of nitrogens with zero attached hydrogens (tertiary/aromatic N) is 1. The van der Waals surface area contributed by atoms with E-state index in [1.54, 1.807) is 6.07 Å². The van der Waals surface area contributed by atoms with E-state index < -0.39 is 17.9 Å². The fourth-order valence-electron chi connectivity index (χ4n) is 1.86. The molecule has 1 aromatic carbocycles. The molecule has 19 heavy (non-hydrogen) atoms. The van der Waals surface area contributed by atoms with Gasteiger partial charge in [-0.05, 0) is 12.1 Å². The van der Waals surface area contributed by atoms with Crippen molar-refractivity contribution >= 4 is 23.6 Å². The second-order valence-electron chi connectivity index (χ2n) is 3.99. The van der Waals surface area contributed by atoms with Gasteiger partial charge >= 0.3 is 5.97 Å². The number of rotatable bonds is 3. The number of aromatic hydroxyl groups is 1. The van der Waals surface area contributed by atoms with Crippen LogP contribution in [0.1, 0.15) is 10.4 Å². The second-order valence-corrected chi connectivity index (χ2v) is 4.99. The van der Waals surface area contributed by atoms with Crippen molar-refractivity contribution in [2.45, 2.75) is 6.04 Å². The van der Waals surface area contributed by atoms with Crippen LogP contribution in [0, 0.1) is 0 Å². The minimum absolute atomic E-state index is 0.0492. The number of thioether (sulfide) groups is 1. The number of amides is 1. The minimum atomic E-state index is -1.04. The van der Waals surface area contributed by atoms with Crippen LogP contribution in [0.3, 0.4) is 0 Å². The fraction of sp³-hybridized carbons (Fsp3) is 0.333. The first kappa shape index (κ1) is 13.5. The fourth-order valence-corrected chi connectivity index (χ4v) is 3.01. The van der Waals surface area contributed by atoms with E-state index in [2.05, 4.69) is 0 Å². The molecule has 2 rings (SSSR count). The molecule has 0 radical (unpaired) electrons. The molecule has 1 saturated heterocycles. The molecule has 7 heteroatoms. The Morgan fingerprint density at radius 1 is 1.47 bits per heavy atom. The van der Waals surface area contributed by atoms with Gasteiger partial charge in [-0.3, -0.25) is 4.79 Å². The van der Waals surface area contributed by atoms with E-state index in [0.29, 0.717) is 11.6 Å². The molecule has 1 amide bonds. The molecule has 1 aliphatic rings. The number of ether oxygens (including phenoxy) is 1. The number of aliphatic carboxylic acids is 1. The highest BCUT2D eigenvalue weighted by Crippen LogP contribution is 2.32. The third-order valence-electron chi connectivity index (χ3n) is 2.88. The lowest BCUT2D eigenvalue weighted by Crippen LogP contribution is -2.41. The number of carboxylic acid groups (broad SMARTS) is 1. The van der Waals surface area contributed by atoms with Crippen molar-refractivity contribution in [2.75, 3.05) is 18.7 Å². The van der Waals surface area contributed by atoms with Gasteiger partial charge in [0.25, 0.3) is 5.91 Å². The summed E-state index contributed by atoms with van der Waals surface area (Å²) in [6.07, 6.45) is 0. The van der Waals surface area contributed by atoms with Crippen molar-refractivity contribution in [2.24, 2.45) is 0 Å². The molecule has 1 atom stereocenters. The van der Waals surface area contributed by atoms with E-state index in [0.717, 1.165) is 0 Å². The molecule has 2 N–H and O–H groups in total. The monoisotopic (exact) mass is 283 g/mol. The van der Waals surface area contributed by atoms with Gasteiger partial charge in [0.15, 0.2) is 11.5 Å². The van der Waals surface area contributed by atoms with Gasteiger partial charge in [-0.2, -0.15) is 0 Å². The molecule has 1 fully saturated rings. The summed E-state index contributed by atoms with van der Waals surface area (Å²) < 4.78 is 4.93. The third-order valence-corrected chi connectivity index (χ3v) is 3.89. The number of hydrogen-bond donors (Lipinski definition) is 2. The number of carboxylic acids is 1. The van der Waals surface area contributed by atoms with Gasteiger partial charge in [-0.15, -0.1) is 11.8 Å². The van der Waals surface area contributed by atoms with Crippen molar-refractivity contribution in [1.82, 2.24) is 4.90 Å². The third kappa shape index (κ3) is 2.46. The largest absolute Gasteiger partial charge is 0.504 e. The Morgan fingerprint density at radius 2 is 2.21 bits per heavy atom. The Balaban J connectivity index is 2.32. The average molecular weight is 283 g/mol. The molecular weight excluding hydrogens is 270 g/mol. The number of hydrogen-bond acceptors (Lipinski definition) is 5. The summed E-state index contributed by atoms with van der Waals surface area (Å²) in [5, 5.41) is 19.0. The molecular formula is C12H13NO5S. The SMILES string of the molecule is COc1cccc(C(=O)N2CSC[C@H]2C(=O)O)c1O. The van der Waals surface area contributed by atoms with E-state index in [1.165, 1.54) is 35.9 Å². The highest BCUT2D eigenvalue weighted by Gasteiger charge is 2.36. The average Bonchev–Trinajstić information content (AvgIpc) is 2.87. The molecule has 1 heterocycles. The van der Waals surface area contributed by atoms with Crippen LogP contribution in [0.2, 0.25) is 0 Å². The first-order chi connectivity index (χ1) is 9.06. The maximum atomic E-state index is 12.3. The zero-order valence-corrected chi connectivity index (χ0v) is 11.0. The van der Waals surface area contributed by atoms with Gasteiger partial charge < -0.3 is 19.8 Å². The molecule has 1 aromatic rings. The van der Waals surface area contributed by atoms with E-state index in [1.807, 2.05) is 0 Å². The lowest BCUT2D eigenvalue weighted by molar-refractivity contribution is -0.140. The number of benzene rings is 1. The van der Waals surface area contributed by atoms with E-state index in [-0.39, 0.29) is 17.1 Å². The summed E-state index contributed by atoms with van der Waals surface area (Å²) >= 11 is 1.37. The normalized spacial score (nSPS) is 18.4. The summed E-state index contributed by atoms with van der Waals surface area (Å²) in [7, 11) is 1.38. The zero-order valence-electron chi connectivity index (χ0n) is 10.2. The highest BCUT2D eigenvalue weighted by molar-refractivity contribution is 7.99. The van der Waals surface area contributed by atoms with Crippen molar-refractivity contribution in [1.29, 1.82) is 0 Å².